The zero-order valence-electron chi connectivity index (χ0n) is 23.8. The summed E-state index contributed by atoms with van der Waals surface area (Å²) < 4.78 is 5.11. The number of carbonyl (C=O) groups is 3. The number of urea groups is 1. The van der Waals surface area contributed by atoms with Gasteiger partial charge < -0.3 is 20.3 Å². The van der Waals surface area contributed by atoms with Gasteiger partial charge in [-0.2, -0.15) is 5.26 Å². The van der Waals surface area contributed by atoms with E-state index in [9.17, 15) is 19.6 Å². The van der Waals surface area contributed by atoms with Gasteiger partial charge in [0.05, 0.1) is 24.4 Å². The SMILES string of the molecule is CC/C=C/C(C#N)=C(\C=C(/C)NC(=O)N1CCCc2cc(CN3CCN(C)CC3=O)c(C=O)nc21)NCCOC. The zero-order chi connectivity index (χ0) is 29.1. The van der Waals surface area contributed by atoms with Gasteiger partial charge in [0.25, 0.3) is 0 Å². The molecule has 11 heteroatoms. The Balaban J connectivity index is 1.82. The molecule has 2 N–H and O–H groups in total. The molecule has 0 unspecified atom stereocenters. The number of nitrogens with one attached hydrogen (secondary N) is 2. The van der Waals surface area contributed by atoms with Crippen LogP contribution in [0.4, 0.5) is 10.6 Å². The van der Waals surface area contributed by atoms with Crippen molar-refractivity contribution in [3.8, 4) is 6.07 Å². The Morgan fingerprint density at radius 2 is 2.10 bits per heavy atom. The van der Waals surface area contributed by atoms with E-state index >= 15 is 0 Å². The van der Waals surface area contributed by atoms with E-state index in [1.165, 1.54) is 4.90 Å². The molecule has 11 nitrogen and oxygen atoms in total. The highest BCUT2D eigenvalue weighted by Gasteiger charge is 2.28. The van der Waals surface area contributed by atoms with Crippen molar-refractivity contribution in [2.75, 3.05) is 58.4 Å². The molecular formula is C29H39N7O4. The molecule has 0 aliphatic carbocycles. The second-order valence-electron chi connectivity index (χ2n) is 9.87. The van der Waals surface area contributed by atoms with Gasteiger partial charge in [-0.3, -0.25) is 19.4 Å². The van der Waals surface area contributed by atoms with Crippen molar-refractivity contribution in [1.82, 2.24) is 25.4 Å². The number of ether oxygens (including phenoxy) is 1. The van der Waals surface area contributed by atoms with E-state index in [0.717, 1.165) is 31.4 Å². The molecule has 1 saturated heterocycles. The topological polar surface area (TPSA) is 131 Å². The summed E-state index contributed by atoms with van der Waals surface area (Å²) in [6, 6.07) is 3.73. The van der Waals surface area contributed by atoms with Crippen LogP contribution in [0.25, 0.3) is 0 Å². The lowest BCUT2D eigenvalue weighted by Crippen LogP contribution is -2.48. The minimum absolute atomic E-state index is 0.0152. The number of rotatable bonds is 11. The molecule has 0 bridgehead atoms. The van der Waals surface area contributed by atoms with Crippen LogP contribution < -0.4 is 15.5 Å². The van der Waals surface area contributed by atoms with Crippen molar-refractivity contribution >= 4 is 24.0 Å². The largest absolute Gasteiger partial charge is 0.383 e. The number of nitriles is 1. The third-order valence-electron chi connectivity index (χ3n) is 6.72. The number of methoxy groups -OCH3 is 1. The van der Waals surface area contributed by atoms with Crippen molar-refractivity contribution < 1.29 is 19.1 Å². The summed E-state index contributed by atoms with van der Waals surface area (Å²) in [6.07, 6.45) is 8.29. The molecule has 1 fully saturated rings. The summed E-state index contributed by atoms with van der Waals surface area (Å²) >= 11 is 0. The fraction of sp³-hybridized carbons (Fsp3) is 0.483. The van der Waals surface area contributed by atoms with Crippen molar-refractivity contribution in [3.05, 3.63) is 58.1 Å². The van der Waals surface area contributed by atoms with Crippen LogP contribution >= 0.6 is 0 Å². The zero-order valence-corrected chi connectivity index (χ0v) is 23.8. The summed E-state index contributed by atoms with van der Waals surface area (Å²) in [6.45, 7) is 7.15. The monoisotopic (exact) mass is 549 g/mol. The number of hydrogen-bond acceptors (Lipinski definition) is 8. The molecule has 0 atom stereocenters. The lowest BCUT2D eigenvalue weighted by atomic mass is 10.0. The molecule has 0 saturated carbocycles. The predicted octanol–water partition coefficient (Wildman–Crippen LogP) is 2.51. The number of hydrogen-bond donors (Lipinski definition) is 2. The molecule has 3 amide bonds. The van der Waals surface area contributed by atoms with Crippen molar-refractivity contribution in [2.24, 2.45) is 0 Å². The number of nitrogens with zero attached hydrogens (tertiary/aromatic N) is 5. The maximum Gasteiger partial charge on any atom is 0.327 e. The maximum absolute atomic E-state index is 13.4. The van der Waals surface area contributed by atoms with Crippen LogP contribution in [-0.2, 0) is 22.5 Å². The Kier molecular flexibility index (Phi) is 11.4. The Morgan fingerprint density at radius 1 is 1.30 bits per heavy atom. The van der Waals surface area contributed by atoms with Crippen LogP contribution in [0.1, 0.15) is 48.3 Å². The average Bonchev–Trinajstić information content (AvgIpc) is 2.94. The first-order chi connectivity index (χ1) is 19.3. The molecule has 3 rings (SSSR count). The number of pyridine rings is 1. The lowest BCUT2D eigenvalue weighted by Gasteiger charge is -2.33. The highest BCUT2D eigenvalue weighted by Crippen LogP contribution is 2.28. The van der Waals surface area contributed by atoms with Gasteiger partial charge in [-0.05, 0) is 57.0 Å². The highest BCUT2D eigenvalue weighted by molar-refractivity contribution is 5.94. The number of carbonyl (C=O) groups excluding carboxylic acids is 3. The first kappa shape index (κ1) is 30.5. The van der Waals surface area contributed by atoms with Crippen molar-refractivity contribution in [1.29, 1.82) is 5.26 Å². The Bertz CT molecular complexity index is 1230. The molecule has 3 heterocycles. The number of fused-ring (bicyclic) bond motifs is 1. The van der Waals surface area contributed by atoms with Gasteiger partial charge in [0, 0.05) is 51.1 Å². The Morgan fingerprint density at radius 3 is 2.77 bits per heavy atom. The van der Waals surface area contributed by atoms with E-state index in [1.54, 1.807) is 31.1 Å². The summed E-state index contributed by atoms with van der Waals surface area (Å²) in [5.74, 6) is 0.464. The van der Waals surface area contributed by atoms with Crippen LogP contribution in [0.5, 0.6) is 0 Å². The van der Waals surface area contributed by atoms with Gasteiger partial charge in [0.2, 0.25) is 5.91 Å². The summed E-state index contributed by atoms with van der Waals surface area (Å²) in [5.41, 5.74) is 3.33. The number of amides is 3. The number of allylic oxidation sites excluding steroid dienone is 5. The standard InChI is InChI=1S/C29H39N7O4/c1-5-6-8-23(17-30)25(31-10-14-40-4)15-21(2)32-29(39)36-11-7-9-22-16-24(26(20-37)33-28(22)36)18-35-13-12-34(3)19-27(35)38/h6,8,15-16,20,31H,5,7,9-14,18-19H2,1-4H3,(H,32,39)/b8-6+,21-15+,25-23-. The van der Waals surface area contributed by atoms with Crippen LogP contribution in [0.2, 0.25) is 0 Å². The molecule has 0 aromatic carbocycles. The molecule has 40 heavy (non-hydrogen) atoms. The molecule has 0 radical (unpaired) electrons. The third-order valence-corrected chi connectivity index (χ3v) is 6.72. The molecule has 214 valence electrons. The van der Waals surface area contributed by atoms with E-state index in [1.807, 2.05) is 31.0 Å². The van der Waals surface area contributed by atoms with Crippen LogP contribution in [-0.4, -0.2) is 86.5 Å². The Labute approximate surface area is 236 Å². The number of aldehydes is 1. The second kappa shape index (κ2) is 15.0. The van der Waals surface area contributed by atoms with Crippen LogP contribution in [0, 0.1) is 11.3 Å². The van der Waals surface area contributed by atoms with Gasteiger partial charge in [-0.1, -0.05) is 13.0 Å². The van der Waals surface area contributed by atoms with E-state index in [4.69, 9.17) is 4.74 Å². The normalized spacial score (nSPS) is 16.9. The van der Waals surface area contributed by atoms with Gasteiger partial charge >= 0.3 is 6.03 Å². The molecule has 2 aliphatic heterocycles. The van der Waals surface area contributed by atoms with Gasteiger partial charge in [0.1, 0.15) is 17.6 Å². The third kappa shape index (κ3) is 8.00. The number of piperazine rings is 1. The average molecular weight is 550 g/mol. The van der Waals surface area contributed by atoms with E-state index in [-0.39, 0.29) is 17.6 Å². The minimum atomic E-state index is -0.375. The smallest absolute Gasteiger partial charge is 0.327 e. The summed E-state index contributed by atoms with van der Waals surface area (Å²) in [5, 5.41) is 15.8. The lowest BCUT2D eigenvalue weighted by molar-refractivity contribution is -0.136. The van der Waals surface area contributed by atoms with Crippen molar-refractivity contribution in [3.63, 3.8) is 0 Å². The Hall–Kier alpha value is -4.01. The van der Waals surface area contributed by atoms with Gasteiger partial charge in [-0.25, -0.2) is 9.78 Å². The second-order valence-corrected chi connectivity index (χ2v) is 9.87. The summed E-state index contributed by atoms with van der Waals surface area (Å²) in [7, 11) is 3.51. The number of aromatic nitrogens is 1. The predicted molar refractivity (Wildman–Crippen MR) is 152 cm³/mol. The fourth-order valence-electron chi connectivity index (χ4n) is 4.61. The quantitative estimate of drug-likeness (QED) is 0.186. The number of likely N-dealkylation sites (N-methyl/N-ethyl adjacent to an activating group) is 1. The first-order valence-corrected chi connectivity index (χ1v) is 13.6. The van der Waals surface area contributed by atoms with E-state index in [2.05, 4.69) is 21.7 Å². The van der Waals surface area contributed by atoms with E-state index in [0.29, 0.717) is 74.0 Å². The molecule has 2 aliphatic rings. The molecule has 1 aromatic rings. The summed E-state index contributed by atoms with van der Waals surface area (Å²) in [4.78, 5) is 47.6. The molecule has 1 aromatic heterocycles. The van der Waals surface area contributed by atoms with Crippen LogP contribution in [0.15, 0.2) is 41.3 Å². The van der Waals surface area contributed by atoms with Gasteiger partial charge in [0.15, 0.2) is 6.29 Å². The van der Waals surface area contributed by atoms with E-state index < -0.39 is 0 Å². The number of anilines is 1. The van der Waals surface area contributed by atoms with Crippen LogP contribution in [0.3, 0.4) is 0 Å². The first-order valence-electron chi connectivity index (χ1n) is 13.6. The fourth-order valence-corrected chi connectivity index (χ4v) is 4.61. The highest BCUT2D eigenvalue weighted by atomic mass is 16.5. The molecule has 0 spiro atoms. The van der Waals surface area contributed by atoms with Crippen molar-refractivity contribution in [2.45, 2.75) is 39.7 Å². The van der Waals surface area contributed by atoms with Gasteiger partial charge in [-0.15, -0.1) is 0 Å². The minimum Gasteiger partial charge on any atom is -0.383 e. The molecular weight excluding hydrogens is 510 g/mol. The maximum atomic E-state index is 13.4. The number of aryl methyl sites for hydroxylation is 1.